The van der Waals surface area contributed by atoms with Gasteiger partial charge in [-0.25, -0.2) is 4.98 Å². The summed E-state index contributed by atoms with van der Waals surface area (Å²) in [5, 5.41) is 6.13. The number of aromatic nitrogens is 1. The van der Waals surface area contributed by atoms with Gasteiger partial charge in [0.2, 0.25) is 5.91 Å². The molecule has 0 spiro atoms. The summed E-state index contributed by atoms with van der Waals surface area (Å²) >= 11 is 1.63. The third-order valence-corrected chi connectivity index (χ3v) is 4.89. The second-order valence-corrected chi connectivity index (χ2v) is 6.14. The molecule has 19 heavy (non-hydrogen) atoms. The Hall–Kier alpha value is -1.68. The van der Waals surface area contributed by atoms with E-state index in [1.165, 1.54) is 5.56 Å². The summed E-state index contributed by atoms with van der Waals surface area (Å²) < 4.78 is 0. The molecule has 1 aliphatic heterocycles. The molecule has 2 unspecified atom stereocenters. The topological polar surface area (TPSA) is 42.0 Å². The molecule has 1 saturated heterocycles. The summed E-state index contributed by atoms with van der Waals surface area (Å²) in [5.41, 5.74) is 1.05. The second-order valence-electron chi connectivity index (χ2n) is 5.24. The Balaban J connectivity index is 1.89. The predicted molar refractivity (Wildman–Crippen MR) is 76.2 cm³/mol. The molecule has 0 saturated carbocycles. The molecule has 1 N–H and O–H groups in total. The van der Waals surface area contributed by atoms with Crippen molar-refractivity contribution >= 4 is 17.2 Å². The summed E-state index contributed by atoms with van der Waals surface area (Å²) in [6.07, 6.45) is 3.19. The average molecular weight is 272 g/mol. The molecule has 2 heterocycles. The minimum atomic E-state index is -0.193. The third-order valence-electron chi connectivity index (χ3n) is 3.84. The fourth-order valence-corrected chi connectivity index (χ4v) is 3.57. The van der Waals surface area contributed by atoms with Gasteiger partial charge < -0.3 is 5.32 Å². The molecule has 2 atom stereocenters. The highest BCUT2D eigenvalue weighted by molar-refractivity contribution is 7.09. The summed E-state index contributed by atoms with van der Waals surface area (Å²) in [7, 11) is 0. The first-order valence-corrected chi connectivity index (χ1v) is 7.30. The number of carbonyl (C=O) groups is 1. The van der Waals surface area contributed by atoms with Crippen LogP contribution in [0.15, 0.2) is 41.9 Å². The number of benzene rings is 1. The minimum Gasteiger partial charge on any atom is -0.352 e. The molecule has 3 rings (SSSR count). The summed E-state index contributed by atoms with van der Waals surface area (Å²) in [6, 6.07) is 10.4. The number of amides is 1. The SMILES string of the molecule is CC1(c2nccs2)CC(=O)NC1Cc1ccccc1. The molecule has 4 heteroatoms. The van der Waals surface area contributed by atoms with Crippen LogP contribution in [0.5, 0.6) is 0 Å². The molecular formula is C15H16N2OS. The first kappa shape index (κ1) is 12.4. The zero-order valence-electron chi connectivity index (χ0n) is 10.8. The molecule has 1 fully saturated rings. The van der Waals surface area contributed by atoms with E-state index in [2.05, 4.69) is 29.4 Å². The number of thiazole rings is 1. The van der Waals surface area contributed by atoms with E-state index in [4.69, 9.17) is 0 Å². The van der Waals surface area contributed by atoms with Crippen molar-refractivity contribution in [3.8, 4) is 0 Å². The molecule has 1 aromatic heterocycles. The highest BCUT2D eigenvalue weighted by atomic mass is 32.1. The van der Waals surface area contributed by atoms with E-state index in [0.717, 1.165) is 11.4 Å². The van der Waals surface area contributed by atoms with Crippen molar-refractivity contribution in [1.29, 1.82) is 0 Å². The maximum Gasteiger partial charge on any atom is 0.221 e. The summed E-state index contributed by atoms with van der Waals surface area (Å²) in [4.78, 5) is 16.2. The fraction of sp³-hybridized carbons (Fsp3) is 0.333. The van der Waals surface area contributed by atoms with Crippen LogP contribution in [0.25, 0.3) is 0 Å². The smallest absolute Gasteiger partial charge is 0.221 e. The lowest BCUT2D eigenvalue weighted by Crippen LogP contribution is -2.40. The Morgan fingerprint density at radius 3 is 2.89 bits per heavy atom. The van der Waals surface area contributed by atoms with Gasteiger partial charge in [-0.2, -0.15) is 0 Å². The number of hydrogen-bond acceptors (Lipinski definition) is 3. The molecular weight excluding hydrogens is 256 g/mol. The third kappa shape index (κ3) is 2.28. The second kappa shape index (κ2) is 4.78. The summed E-state index contributed by atoms with van der Waals surface area (Å²) in [5.74, 6) is 0.124. The summed E-state index contributed by atoms with van der Waals surface area (Å²) in [6.45, 7) is 2.14. The fourth-order valence-electron chi connectivity index (χ4n) is 2.72. The van der Waals surface area contributed by atoms with Crippen molar-refractivity contribution < 1.29 is 4.79 Å². The molecule has 98 valence electrons. The number of rotatable bonds is 3. The lowest BCUT2D eigenvalue weighted by Gasteiger charge is -2.28. The van der Waals surface area contributed by atoms with Gasteiger partial charge in [0.25, 0.3) is 0 Å². The van der Waals surface area contributed by atoms with E-state index in [0.29, 0.717) is 6.42 Å². The zero-order valence-corrected chi connectivity index (χ0v) is 11.6. The Morgan fingerprint density at radius 2 is 2.21 bits per heavy atom. The van der Waals surface area contributed by atoms with Crippen molar-refractivity contribution in [3.63, 3.8) is 0 Å². The average Bonchev–Trinajstić information content (AvgIpc) is 3.01. The van der Waals surface area contributed by atoms with Crippen LogP contribution in [-0.4, -0.2) is 16.9 Å². The van der Waals surface area contributed by atoms with E-state index < -0.39 is 0 Å². The predicted octanol–water partition coefficient (Wildman–Crippen LogP) is 2.53. The van der Waals surface area contributed by atoms with Crippen LogP contribution in [0.1, 0.15) is 23.9 Å². The van der Waals surface area contributed by atoms with Gasteiger partial charge >= 0.3 is 0 Å². The lowest BCUT2D eigenvalue weighted by molar-refractivity contribution is -0.119. The molecule has 2 aromatic rings. The Labute approximate surface area is 116 Å². The molecule has 0 aliphatic carbocycles. The van der Waals surface area contributed by atoms with E-state index in [1.807, 2.05) is 29.8 Å². The number of nitrogens with one attached hydrogen (secondary N) is 1. The van der Waals surface area contributed by atoms with Crippen molar-refractivity contribution in [2.45, 2.75) is 31.2 Å². The Bertz CT molecular complexity index is 567. The first-order valence-electron chi connectivity index (χ1n) is 6.42. The Kier molecular flexibility index (Phi) is 3.11. The van der Waals surface area contributed by atoms with Crippen LogP contribution in [0, 0.1) is 0 Å². The minimum absolute atomic E-state index is 0.119. The first-order chi connectivity index (χ1) is 9.18. The van der Waals surface area contributed by atoms with Crippen LogP contribution in [-0.2, 0) is 16.6 Å². The number of hydrogen-bond donors (Lipinski definition) is 1. The maximum atomic E-state index is 11.8. The maximum absolute atomic E-state index is 11.8. The number of nitrogens with zero attached hydrogens (tertiary/aromatic N) is 1. The van der Waals surface area contributed by atoms with Crippen molar-refractivity contribution in [3.05, 3.63) is 52.5 Å². The van der Waals surface area contributed by atoms with E-state index in [9.17, 15) is 4.79 Å². The highest BCUT2D eigenvalue weighted by Gasteiger charge is 2.46. The highest BCUT2D eigenvalue weighted by Crippen LogP contribution is 2.38. The van der Waals surface area contributed by atoms with Crippen LogP contribution >= 0.6 is 11.3 Å². The molecule has 1 aliphatic rings. The van der Waals surface area contributed by atoms with Crippen molar-refractivity contribution in [1.82, 2.24) is 10.3 Å². The molecule has 0 radical (unpaired) electrons. The van der Waals surface area contributed by atoms with Gasteiger partial charge in [0.15, 0.2) is 0 Å². The Morgan fingerprint density at radius 1 is 1.42 bits per heavy atom. The van der Waals surface area contributed by atoms with E-state index in [1.54, 1.807) is 11.3 Å². The molecule has 1 amide bonds. The molecule has 1 aromatic carbocycles. The van der Waals surface area contributed by atoms with Gasteiger partial charge in [-0.15, -0.1) is 11.3 Å². The van der Waals surface area contributed by atoms with Crippen LogP contribution < -0.4 is 5.32 Å². The van der Waals surface area contributed by atoms with E-state index >= 15 is 0 Å². The van der Waals surface area contributed by atoms with Crippen LogP contribution in [0.4, 0.5) is 0 Å². The number of carbonyl (C=O) groups excluding carboxylic acids is 1. The van der Waals surface area contributed by atoms with Gasteiger partial charge in [-0.1, -0.05) is 37.3 Å². The van der Waals surface area contributed by atoms with Gasteiger partial charge in [0.1, 0.15) is 5.01 Å². The van der Waals surface area contributed by atoms with Crippen molar-refractivity contribution in [2.75, 3.05) is 0 Å². The largest absolute Gasteiger partial charge is 0.352 e. The normalized spacial score (nSPS) is 26.4. The monoisotopic (exact) mass is 272 g/mol. The van der Waals surface area contributed by atoms with Gasteiger partial charge in [-0.3, -0.25) is 4.79 Å². The van der Waals surface area contributed by atoms with Gasteiger partial charge in [0.05, 0.1) is 0 Å². The van der Waals surface area contributed by atoms with Crippen LogP contribution in [0.2, 0.25) is 0 Å². The molecule has 3 nitrogen and oxygen atoms in total. The van der Waals surface area contributed by atoms with Crippen molar-refractivity contribution in [2.24, 2.45) is 0 Å². The van der Waals surface area contributed by atoms with Crippen LogP contribution in [0.3, 0.4) is 0 Å². The lowest BCUT2D eigenvalue weighted by atomic mass is 9.80. The van der Waals surface area contributed by atoms with Gasteiger partial charge in [-0.05, 0) is 12.0 Å². The standard InChI is InChI=1S/C15H16N2OS/c1-15(14-16-7-8-19-14)10-13(18)17-12(15)9-11-5-3-2-4-6-11/h2-8,12H,9-10H2,1H3,(H,17,18). The quantitative estimate of drug-likeness (QED) is 0.933. The van der Waals surface area contributed by atoms with Gasteiger partial charge in [0, 0.05) is 29.5 Å². The van der Waals surface area contributed by atoms with E-state index in [-0.39, 0.29) is 17.4 Å². The zero-order chi connectivity index (χ0) is 13.3. The molecule has 0 bridgehead atoms.